The number of likely N-dealkylation sites (tertiary alicyclic amines) is 1. The average Bonchev–Trinajstić information content (AvgIpc) is 3.37. The van der Waals surface area contributed by atoms with Gasteiger partial charge < -0.3 is 34.6 Å². The monoisotopic (exact) mass is 494 g/mol. The van der Waals surface area contributed by atoms with Crippen molar-refractivity contribution in [2.45, 2.75) is 18.9 Å². The summed E-state index contributed by atoms with van der Waals surface area (Å²) in [6.07, 6.45) is 4.84. The van der Waals surface area contributed by atoms with Crippen molar-refractivity contribution >= 4 is 38.1 Å². The Labute approximate surface area is 194 Å². The molecule has 2 aliphatic rings. The van der Waals surface area contributed by atoms with Crippen LogP contribution >= 0.6 is 22.7 Å². The van der Waals surface area contributed by atoms with E-state index in [1.165, 1.54) is 47.5 Å². The van der Waals surface area contributed by atoms with E-state index >= 15 is 0 Å². The van der Waals surface area contributed by atoms with Crippen molar-refractivity contribution in [2.24, 2.45) is 0 Å². The highest BCUT2D eigenvalue weighted by atomic mass is 35.5. The summed E-state index contributed by atoms with van der Waals surface area (Å²) in [4.78, 5) is 3.18. The lowest BCUT2D eigenvalue weighted by molar-refractivity contribution is -0.954. The van der Waals surface area contributed by atoms with Crippen LogP contribution in [0.1, 0.15) is 24.0 Å². The predicted molar refractivity (Wildman–Crippen MR) is 114 cm³/mol. The van der Waals surface area contributed by atoms with Gasteiger partial charge in [0, 0.05) is 12.8 Å². The second-order valence-electron chi connectivity index (χ2n) is 7.68. The Bertz CT molecular complexity index is 809. The van der Waals surface area contributed by atoms with Crippen molar-refractivity contribution in [3.05, 3.63) is 50.9 Å². The molecule has 2 saturated heterocycles. The van der Waals surface area contributed by atoms with Crippen molar-refractivity contribution in [1.82, 2.24) is 0 Å². The minimum Gasteiger partial charge on any atom is -1.00 e. The van der Waals surface area contributed by atoms with Crippen LogP contribution in [0.25, 0.3) is 5.57 Å². The molecule has 2 N–H and O–H groups in total. The fourth-order valence-corrected chi connectivity index (χ4v) is 6.99. The lowest BCUT2D eigenvalue weighted by Crippen LogP contribution is -3.21. The van der Waals surface area contributed by atoms with Gasteiger partial charge in [0.1, 0.15) is 0 Å². The Morgan fingerprint density at radius 1 is 0.966 bits per heavy atom. The van der Waals surface area contributed by atoms with Crippen LogP contribution in [0.2, 0.25) is 0 Å². The third kappa shape index (κ3) is 6.53. The van der Waals surface area contributed by atoms with Crippen molar-refractivity contribution < 1.29 is 43.0 Å². The summed E-state index contributed by atoms with van der Waals surface area (Å²) >= 11 is 3.51. The van der Waals surface area contributed by atoms with Gasteiger partial charge in [0.05, 0.1) is 50.3 Å². The van der Waals surface area contributed by atoms with E-state index < -0.39 is 9.84 Å². The lowest BCUT2D eigenvalue weighted by atomic mass is 10.0. The summed E-state index contributed by atoms with van der Waals surface area (Å²) in [5.41, 5.74) is 4.01. The van der Waals surface area contributed by atoms with Crippen LogP contribution in [-0.4, -0.2) is 58.7 Å². The van der Waals surface area contributed by atoms with Crippen LogP contribution in [0.15, 0.2) is 39.7 Å². The van der Waals surface area contributed by atoms with E-state index in [4.69, 9.17) is 0 Å². The van der Waals surface area contributed by atoms with Gasteiger partial charge in [-0.05, 0) is 56.4 Å². The molecule has 29 heavy (non-hydrogen) atoms. The molecule has 2 aromatic heterocycles. The molecule has 9 heteroatoms. The largest absolute Gasteiger partial charge is 1.00 e. The van der Waals surface area contributed by atoms with E-state index in [0.29, 0.717) is 17.5 Å². The van der Waals surface area contributed by atoms with E-state index in [1.54, 1.807) is 27.6 Å². The van der Waals surface area contributed by atoms with Gasteiger partial charge in [-0.25, -0.2) is 8.42 Å². The number of sulfone groups is 1. The van der Waals surface area contributed by atoms with Crippen LogP contribution in [0.5, 0.6) is 0 Å². The van der Waals surface area contributed by atoms with Gasteiger partial charge in [0.15, 0.2) is 9.84 Å². The molecule has 0 saturated carbocycles. The summed E-state index contributed by atoms with van der Waals surface area (Å²) < 4.78 is 23.3. The second-order valence-corrected chi connectivity index (χ2v) is 11.5. The number of halogens is 2. The molecule has 162 valence electrons. The number of hydrogen-bond donors (Lipinski definition) is 2. The highest BCUT2D eigenvalue weighted by molar-refractivity contribution is 7.91. The first-order valence-electron chi connectivity index (χ1n) is 9.74. The fourth-order valence-electron chi connectivity index (χ4n) is 4.33. The van der Waals surface area contributed by atoms with Crippen molar-refractivity contribution in [3.8, 4) is 0 Å². The molecule has 0 atom stereocenters. The first-order chi connectivity index (χ1) is 13.1. The standard InChI is InChI=1S/C20H26N2O2S3.2ClH/c23-27(24)13-9-22(10-14-27)19-1-6-21(7-2-19)8-3-20(17-4-11-25-15-17)18-5-12-26-16-18;;/h3-5,11-12,15-16,19H,1-2,6-10,13-14H2;2*1H. The molecule has 0 unspecified atom stereocenters. The van der Waals surface area contributed by atoms with Crippen molar-refractivity contribution in [1.29, 1.82) is 0 Å². The normalized spacial score (nSPS) is 24.1. The van der Waals surface area contributed by atoms with Gasteiger partial charge in [-0.1, -0.05) is 0 Å². The Hall–Kier alpha value is -0.410. The number of nitrogens with one attached hydrogen (secondary N) is 2. The average molecular weight is 496 g/mol. The molecule has 0 amide bonds. The maximum Gasteiger partial charge on any atom is 0.161 e. The van der Waals surface area contributed by atoms with Gasteiger partial charge in [-0.3, -0.25) is 0 Å². The molecule has 4 heterocycles. The lowest BCUT2D eigenvalue weighted by Gasteiger charge is -2.35. The van der Waals surface area contributed by atoms with E-state index in [2.05, 4.69) is 39.7 Å². The van der Waals surface area contributed by atoms with Crippen LogP contribution < -0.4 is 34.6 Å². The van der Waals surface area contributed by atoms with Crippen LogP contribution in [0.4, 0.5) is 0 Å². The SMILES string of the molecule is O=S1(=O)CC[NH+](C2CC[NH+](CC=C(c3ccsc3)c3ccsc3)CC2)CC1.[Cl-].[Cl-]. The predicted octanol–water partition coefficient (Wildman–Crippen LogP) is -5.39. The van der Waals surface area contributed by atoms with Gasteiger partial charge in [-0.15, -0.1) is 0 Å². The van der Waals surface area contributed by atoms with Gasteiger partial charge in [-0.2, -0.15) is 22.7 Å². The molecule has 4 nitrogen and oxygen atoms in total. The number of quaternary nitrogens is 2. The van der Waals surface area contributed by atoms with Crippen molar-refractivity contribution in [3.63, 3.8) is 0 Å². The Kier molecular flexibility index (Phi) is 9.67. The number of piperidine rings is 1. The molecule has 0 spiro atoms. The van der Waals surface area contributed by atoms with E-state index in [-0.39, 0.29) is 24.8 Å². The maximum absolute atomic E-state index is 11.7. The first kappa shape index (κ1) is 24.9. The molecule has 2 aliphatic heterocycles. The van der Waals surface area contributed by atoms with E-state index in [0.717, 1.165) is 19.6 Å². The molecule has 0 aliphatic carbocycles. The molecule has 2 aromatic rings. The quantitative estimate of drug-likeness (QED) is 0.435. The molecular formula is C20H28Cl2N2O2S3. The summed E-state index contributed by atoms with van der Waals surface area (Å²) in [6, 6.07) is 5.08. The molecule has 0 radical (unpaired) electrons. The third-order valence-corrected chi connectivity index (χ3v) is 9.02. The molecule has 0 bridgehead atoms. The summed E-state index contributed by atoms with van der Waals surface area (Å²) in [7, 11) is -2.76. The molecule has 4 rings (SSSR count). The van der Waals surface area contributed by atoms with Crippen molar-refractivity contribution in [2.75, 3.05) is 44.2 Å². The van der Waals surface area contributed by atoms with Crippen LogP contribution in [0.3, 0.4) is 0 Å². The maximum atomic E-state index is 11.7. The zero-order valence-electron chi connectivity index (χ0n) is 16.3. The second kappa shape index (κ2) is 11.3. The minimum absolute atomic E-state index is 0. The van der Waals surface area contributed by atoms with Gasteiger partial charge in [0.2, 0.25) is 0 Å². The van der Waals surface area contributed by atoms with Gasteiger partial charge in [0.25, 0.3) is 0 Å². The fraction of sp³-hybridized carbons (Fsp3) is 0.500. The zero-order chi connectivity index (χ0) is 18.7. The topological polar surface area (TPSA) is 43.0 Å². The summed E-state index contributed by atoms with van der Waals surface area (Å²) in [5.74, 6) is 0.756. The third-order valence-electron chi connectivity index (χ3n) is 6.00. The van der Waals surface area contributed by atoms with E-state index in [1.807, 2.05) is 0 Å². The summed E-state index contributed by atoms with van der Waals surface area (Å²) in [5, 5.41) is 8.77. The highest BCUT2D eigenvalue weighted by Gasteiger charge is 2.34. The van der Waals surface area contributed by atoms with Crippen LogP contribution in [-0.2, 0) is 9.84 Å². The van der Waals surface area contributed by atoms with Gasteiger partial charge >= 0.3 is 0 Å². The zero-order valence-corrected chi connectivity index (χ0v) is 20.2. The Balaban J connectivity index is 0.00000150. The summed E-state index contributed by atoms with van der Waals surface area (Å²) in [6.45, 7) is 5.07. The number of rotatable bonds is 5. The van der Waals surface area contributed by atoms with Crippen LogP contribution in [0, 0.1) is 0 Å². The number of thiophene rings is 2. The minimum atomic E-state index is -2.76. The smallest absolute Gasteiger partial charge is 0.161 e. The number of hydrogen-bond acceptors (Lipinski definition) is 4. The first-order valence-corrected chi connectivity index (χ1v) is 13.5. The molecule has 0 aromatic carbocycles. The molecular weight excluding hydrogens is 467 g/mol. The molecule has 2 fully saturated rings. The van der Waals surface area contributed by atoms with E-state index in [9.17, 15) is 8.42 Å². The Morgan fingerprint density at radius 2 is 1.52 bits per heavy atom. The highest BCUT2D eigenvalue weighted by Crippen LogP contribution is 2.26. The Morgan fingerprint density at radius 3 is 2.00 bits per heavy atom.